The van der Waals surface area contributed by atoms with Gasteiger partial charge in [-0.3, -0.25) is 4.68 Å². The summed E-state index contributed by atoms with van der Waals surface area (Å²) < 4.78 is 1.78. The van der Waals surface area contributed by atoms with Gasteiger partial charge in [-0.1, -0.05) is 13.3 Å². The third-order valence-electron chi connectivity index (χ3n) is 2.57. The number of hydrogen-bond donors (Lipinski definition) is 1. The van der Waals surface area contributed by atoms with E-state index in [1.165, 1.54) is 11.3 Å². The number of nitrogens with zero attached hydrogens (tertiary/aromatic N) is 2. The second-order valence-electron chi connectivity index (χ2n) is 3.81. The topological polar surface area (TPSA) is 55.1 Å². The van der Waals surface area contributed by atoms with Crippen molar-refractivity contribution in [1.29, 1.82) is 0 Å². The van der Waals surface area contributed by atoms with Crippen molar-refractivity contribution in [1.82, 2.24) is 9.78 Å². The van der Waals surface area contributed by atoms with Crippen LogP contribution in [0.2, 0.25) is 0 Å². The third kappa shape index (κ3) is 1.82. The molecular weight excluding hydrogens is 224 g/mol. The number of unbranched alkanes of at least 4 members (excludes halogenated alkanes) is 1. The van der Waals surface area contributed by atoms with E-state index >= 15 is 0 Å². The number of carbonyl (C=O) groups is 1. The van der Waals surface area contributed by atoms with Crippen LogP contribution in [0, 0.1) is 0 Å². The number of rotatable bonds is 4. The molecule has 4 nitrogen and oxygen atoms in total. The minimum absolute atomic E-state index is 0.390. The van der Waals surface area contributed by atoms with Gasteiger partial charge in [0.25, 0.3) is 0 Å². The van der Waals surface area contributed by atoms with Crippen LogP contribution < -0.4 is 0 Å². The fourth-order valence-corrected chi connectivity index (χ4v) is 2.68. The lowest BCUT2D eigenvalue weighted by molar-refractivity contribution is 0.0702. The fraction of sp³-hybridized carbons (Fsp3) is 0.455. The van der Waals surface area contributed by atoms with Gasteiger partial charge in [0.1, 0.15) is 9.71 Å². The number of thiophene rings is 1. The number of carboxylic acid groups (broad SMARTS) is 1. The standard InChI is InChI=1S/C11H14N2O2S/c1-3-4-5-8-7-6-9(11(14)15)16-10(7)13(2)12-8/h6H,3-5H2,1-2H3,(H,14,15). The highest BCUT2D eigenvalue weighted by Crippen LogP contribution is 2.28. The zero-order valence-corrected chi connectivity index (χ0v) is 10.2. The first-order valence-corrected chi connectivity index (χ1v) is 6.13. The highest BCUT2D eigenvalue weighted by molar-refractivity contribution is 7.20. The molecule has 5 heteroatoms. The van der Waals surface area contributed by atoms with Crippen LogP contribution in [0.4, 0.5) is 0 Å². The van der Waals surface area contributed by atoms with Crippen LogP contribution in [0.1, 0.15) is 35.1 Å². The Morgan fingerprint density at radius 1 is 1.62 bits per heavy atom. The Hall–Kier alpha value is -1.36. The molecule has 2 rings (SSSR count). The lowest BCUT2D eigenvalue weighted by Crippen LogP contribution is -1.94. The third-order valence-corrected chi connectivity index (χ3v) is 3.76. The van der Waals surface area contributed by atoms with E-state index < -0.39 is 5.97 Å². The molecule has 0 amide bonds. The molecule has 0 spiro atoms. The van der Waals surface area contributed by atoms with Crippen LogP contribution in [0.3, 0.4) is 0 Å². The lowest BCUT2D eigenvalue weighted by atomic mass is 10.1. The van der Waals surface area contributed by atoms with Crippen LogP contribution in [0.25, 0.3) is 10.2 Å². The van der Waals surface area contributed by atoms with Gasteiger partial charge in [-0.2, -0.15) is 5.10 Å². The number of aryl methyl sites for hydroxylation is 2. The molecule has 0 unspecified atom stereocenters. The first-order valence-electron chi connectivity index (χ1n) is 5.32. The smallest absolute Gasteiger partial charge is 0.345 e. The minimum atomic E-state index is -0.859. The summed E-state index contributed by atoms with van der Waals surface area (Å²) in [5, 5.41) is 14.4. The summed E-state index contributed by atoms with van der Waals surface area (Å²) in [6.07, 6.45) is 3.13. The van der Waals surface area contributed by atoms with Crippen molar-refractivity contribution in [2.75, 3.05) is 0 Å². The van der Waals surface area contributed by atoms with Crippen LogP contribution in [0.5, 0.6) is 0 Å². The Labute approximate surface area is 97.5 Å². The number of hydrogen-bond acceptors (Lipinski definition) is 3. The molecule has 0 aliphatic rings. The molecule has 0 aromatic carbocycles. The zero-order chi connectivity index (χ0) is 11.7. The Balaban J connectivity index is 2.46. The van der Waals surface area contributed by atoms with Gasteiger partial charge in [-0.15, -0.1) is 11.3 Å². The predicted molar refractivity (Wildman–Crippen MR) is 64.2 cm³/mol. The average molecular weight is 238 g/mol. The first-order chi connectivity index (χ1) is 7.63. The van der Waals surface area contributed by atoms with E-state index in [0.29, 0.717) is 4.88 Å². The van der Waals surface area contributed by atoms with E-state index in [-0.39, 0.29) is 0 Å². The quantitative estimate of drug-likeness (QED) is 0.891. The van der Waals surface area contributed by atoms with Gasteiger partial charge < -0.3 is 5.11 Å². The maximum atomic E-state index is 10.9. The normalized spacial score (nSPS) is 11.1. The van der Waals surface area contributed by atoms with Crippen molar-refractivity contribution in [2.45, 2.75) is 26.2 Å². The summed E-state index contributed by atoms with van der Waals surface area (Å²) in [5.41, 5.74) is 1.02. The van der Waals surface area contributed by atoms with E-state index in [1.54, 1.807) is 10.7 Å². The minimum Gasteiger partial charge on any atom is -0.477 e. The summed E-state index contributed by atoms with van der Waals surface area (Å²) in [7, 11) is 1.86. The van der Waals surface area contributed by atoms with Gasteiger partial charge >= 0.3 is 5.97 Å². The maximum Gasteiger partial charge on any atom is 0.345 e. The molecule has 0 aliphatic carbocycles. The molecule has 0 atom stereocenters. The van der Waals surface area contributed by atoms with Crippen LogP contribution in [0.15, 0.2) is 6.07 Å². The van der Waals surface area contributed by atoms with Gasteiger partial charge in [0, 0.05) is 12.4 Å². The average Bonchev–Trinajstić information content (AvgIpc) is 2.77. The molecule has 0 bridgehead atoms. The Morgan fingerprint density at radius 3 is 3.00 bits per heavy atom. The Morgan fingerprint density at radius 2 is 2.38 bits per heavy atom. The fourth-order valence-electron chi connectivity index (χ4n) is 1.74. The van der Waals surface area contributed by atoms with E-state index in [0.717, 1.165) is 35.2 Å². The summed E-state index contributed by atoms with van der Waals surface area (Å²) >= 11 is 1.29. The van der Waals surface area contributed by atoms with E-state index in [2.05, 4.69) is 12.0 Å². The highest BCUT2D eigenvalue weighted by atomic mass is 32.1. The van der Waals surface area contributed by atoms with Gasteiger partial charge in [0.15, 0.2) is 0 Å². The van der Waals surface area contributed by atoms with Crippen molar-refractivity contribution >= 4 is 27.5 Å². The van der Waals surface area contributed by atoms with Crippen molar-refractivity contribution in [3.05, 3.63) is 16.6 Å². The molecule has 2 aromatic heterocycles. The molecule has 2 heterocycles. The molecule has 1 N–H and O–H groups in total. The number of aromatic carboxylic acids is 1. The molecule has 86 valence electrons. The Kier molecular flexibility index (Phi) is 2.96. The monoisotopic (exact) mass is 238 g/mol. The predicted octanol–water partition coefficient (Wildman–Crippen LogP) is 2.68. The SMILES string of the molecule is CCCCc1nn(C)c2sc(C(=O)O)cc12. The van der Waals surface area contributed by atoms with Crippen LogP contribution in [-0.4, -0.2) is 20.9 Å². The molecule has 16 heavy (non-hydrogen) atoms. The van der Waals surface area contributed by atoms with Gasteiger partial charge in [0.2, 0.25) is 0 Å². The molecule has 0 saturated heterocycles. The number of carboxylic acids is 1. The summed E-state index contributed by atoms with van der Waals surface area (Å²) in [6, 6.07) is 1.74. The molecular formula is C11H14N2O2S. The van der Waals surface area contributed by atoms with Crippen molar-refractivity contribution in [2.24, 2.45) is 7.05 Å². The van der Waals surface area contributed by atoms with Gasteiger partial charge in [-0.05, 0) is 18.9 Å². The lowest BCUT2D eigenvalue weighted by Gasteiger charge is -1.93. The zero-order valence-electron chi connectivity index (χ0n) is 9.36. The Bertz CT molecular complexity index is 527. The molecule has 0 fully saturated rings. The first kappa shape index (κ1) is 11.1. The molecule has 0 aliphatic heterocycles. The van der Waals surface area contributed by atoms with E-state index in [9.17, 15) is 4.79 Å². The molecule has 2 aromatic rings. The summed E-state index contributed by atoms with van der Waals surface area (Å²) in [4.78, 5) is 12.2. The second-order valence-corrected chi connectivity index (χ2v) is 4.84. The number of fused-ring (bicyclic) bond motifs is 1. The van der Waals surface area contributed by atoms with Gasteiger partial charge in [0.05, 0.1) is 5.69 Å². The van der Waals surface area contributed by atoms with Gasteiger partial charge in [-0.25, -0.2) is 4.79 Å². The molecule has 0 radical (unpaired) electrons. The van der Waals surface area contributed by atoms with Crippen molar-refractivity contribution < 1.29 is 9.90 Å². The summed E-state index contributed by atoms with van der Waals surface area (Å²) in [5.74, 6) is -0.859. The second kappa shape index (κ2) is 4.25. The van der Waals surface area contributed by atoms with Crippen LogP contribution in [-0.2, 0) is 13.5 Å². The number of aromatic nitrogens is 2. The van der Waals surface area contributed by atoms with E-state index in [1.807, 2.05) is 7.05 Å². The highest BCUT2D eigenvalue weighted by Gasteiger charge is 2.15. The molecule has 0 saturated carbocycles. The van der Waals surface area contributed by atoms with Crippen LogP contribution >= 0.6 is 11.3 Å². The maximum absolute atomic E-state index is 10.9. The van der Waals surface area contributed by atoms with Crippen molar-refractivity contribution in [3.8, 4) is 0 Å². The van der Waals surface area contributed by atoms with E-state index in [4.69, 9.17) is 5.11 Å². The summed E-state index contributed by atoms with van der Waals surface area (Å²) in [6.45, 7) is 2.14. The largest absolute Gasteiger partial charge is 0.477 e. The van der Waals surface area contributed by atoms with Crippen molar-refractivity contribution in [3.63, 3.8) is 0 Å².